The number of nitrogens with two attached hydrogens (primary N) is 1. The van der Waals surface area contributed by atoms with Crippen LogP contribution in [-0.2, 0) is 0 Å². The van der Waals surface area contributed by atoms with E-state index >= 15 is 0 Å². The molecule has 0 amide bonds. The van der Waals surface area contributed by atoms with Gasteiger partial charge < -0.3 is 10.5 Å². The third-order valence-electron chi connectivity index (χ3n) is 1.85. The number of hydrogen-bond acceptors (Lipinski definition) is 2. The van der Waals surface area contributed by atoms with Crippen molar-refractivity contribution in [1.82, 2.24) is 0 Å². The lowest BCUT2D eigenvalue weighted by Crippen LogP contribution is -2.15. The highest BCUT2D eigenvalue weighted by Crippen LogP contribution is 2.25. The zero-order chi connectivity index (χ0) is 13.1. The third-order valence-corrected chi connectivity index (χ3v) is 2.31. The van der Waals surface area contributed by atoms with E-state index in [0.29, 0.717) is 10.6 Å². The van der Waals surface area contributed by atoms with E-state index in [0.717, 1.165) is 0 Å². The molecule has 0 saturated heterocycles. The molecule has 0 radical (unpaired) electrons. The van der Waals surface area contributed by atoms with Gasteiger partial charge in [-0.05, 0) is 18.2 Å². The van der Waals surface area contributed by atoms with Gasteiger partial charge in [0.15, 0.2) is 0 Å². The molecule has 0 spiro atoms. The van der Waals surface area contributed by atoms with E-state index in [9.17, 15) is 13.2 Å². The summed E-state index contributed by atoms with van der Waals surface area (Å²) in [6.07, 6.45) is -5.31. The second kappa shape index (κ2) is 5.55. The van der Waals surface area contributed by atoms with Crippen LogP contribution < -0.4 is 10.5 Å². The molecule has 7 heteroatoms. The highest BCUT2D eigenvalue weighted by molar-refractivity contribution is 7.80. The molecule has 0 bridgehead atoms. The zero-order valence-corrected chi connectivity index (χ0v) is 10.1. The van der Waals surface area contributed by atoms with Crippen LogP contribution in [0.3, 0.4) is 0 Å². The first-order valence-corrected chi connectivity index (χ1v) is 5.37. The highest BCUT2D eigenvalue weighted by Gasteiger charge is 2.27. The maximum Gasteiger partial charge on any atom is 0.392 e. The molecule has 0 aliphatic carbocycles. The van der Waals surface area contributed by atoms with E-state index in [1.807, 2.05) is 0 Å². The van der Waals surface area contributed by atoms with Crippen LogP contribution >= 0.6 is 23.8 Å². The molecule has 0 fully saturated rings. The number of hydrogen-bond donors (Lipinski definition) is 1. The van der Waals surface area contributed by atoms with Crippen molar-refractivity contribution in [2.24, 2.45) is 5.73 Å². The summed E-state index contributed by atoms with van der Waals surface area (Å²) in [6, 6.07) is 4.42. The number of thiocarbonyl (C=S) groups is 1. The van der Waals surface area contributed by atoms with Crippen molar-refractivity contribution in [2.75, 3.05) is 6.61 Å². The zero-order valence-electron chi connectivity index (χ0n) is 8.55. The molecule has 1 aromatic carbocycles. The number of halogens is 4. The second-order valence-electron chi connectivity index (χ2n) is 3.22. The maximum atomic E-state index is 11.9. The summed E-state index contributed by atoms with van der Waals surface area (Å²) in [5.41, 5.74) is 5.78. The summed E-state index contributed by atoms with van der Waals surface area (Å²) < 4.78 is 40.8. The lowest BCUT2D eigenvalue weighted by molar-refractivity contribution is -0.139. The van der Waals surface area contributed by atoms with Crippen LogP contribution in [0, 0.1) is 0 Å². The Morgan fingerprint density at radius 1 is 1.41 bits per heavy atom. The van der Waals surface area contributed by atoms with Gasteiger partial charge in [0.1, 0.15) is 10.7 Å². The number of rotatable bonds is 4. The van der Waals surface area contributed by atoms with Crippen molar-refractivity contribution < 1.29 is 17.9 Å². The Morgan fingerprint density at radius 3 is 2.59 bits per heavy atom. The SMILES string of the molecule is NC(=S)c1ccc(Cl)cc1OCCC(F)(F)F. The van der Waals surface area contributed by atoms with Crippen molar-refractivity contribution >= 4 is 28.8 Å². The monoisotopic (exact) mass is 283 g/mol. The van der Waals surface area contributed by atoms with E-state index in [2.05, 4.69) is 0 Å². The molecule has 0 atom stereocenters. The van der Waals surface area contributed by atoms with Gasteiger partial charge in [0, 0.05) is 5.02 Å². The Morgan fingerprint density at radius 2 is 2.06 bits per heavy atom. The minimum absolute atomic E-state index is 0.0451. The Bertz CT molecular complexity index is 423. The molecule has 0 aliphatic rings. The van der Waals surface area contributed by atoms with Crippen LogP contribution in [0.2, 0.25) is 5.02 Å². The first-order valence-electron chi connectivity index (χ1n) is 4.58. The molecule has 2 nitrogen and oxygen atoms in total. The first kappa shape index (κ1) is 14.1. The highest BCUT2D eigenvalue weighted by atomic mass is 35.5. The van der Waals surface area contributed by atoms with Crippen LogP contribution in [0.25, 0.3) is 0 Å². The molecular weight excluding hydrogens is 275 g/mol. The van der Waals surface area contributed by atoms with Crippen LogP contribution in [0.5, 0.6) is 5.75 Å². The van der Waals surface area contributed by atoms with Gasteiger partial charge in [0.25, 0.3) is 0 Å². The average Bonchev–Trinajstić information content (AvgIpc) is 2.15. The fraction of sp³-hybridized carbons (Fsp3) is 0.300. The Hall–Kier alpha value is -1.01. The minimum Gasteiger partial charge on any atom is -0.492 e. The van der Waals surface area contributed by atoms with Crippen molar-refractivity contribution in [3.63, 3.8) is 0 Å². The summed E-state index contributed by atoms with van der Waals surface area (Å²) >= 11 is 10.5. The van der Waals surface area contributed by atoms with Gasteiger partial charge in [0.05, 0.1) is 18.6 Å². The van der Waals surface area contributed by atoms with Crippen LogP contribution in [0.4, 0.5) is 13.2 Å². The first-order chi connectivity index (χ1) is 7.79. The van der Waals surface area contributed by atoms with Gasteiger partial charge in [0.2, 0.25) is 0 Å². The molecular formula is C10H9ClF3NOS. The van der Waals surface area contributed by atoms with Gasteiger partial charge >= 0.3 is 6.18 Å². The molecule has 0 heterocycles. The van der Waals surface area contributed by atoms with E-state index in [1.54, 1.807) is 0 Å². The van der Waals surface area contributed by atoms with Gasteiger partial charge in [-0.1, -0.05) is 23.8 Å². The molecule has 0 saturated carbocycles. The average molecular weight is 284 g/mol. The van der Waals surface area contributed by atoms with Crippen molar-refractivity contribution in [3.8, 4) is 5.75 Å². The Balaban J connectivity index is 2.75. The van der Waals surface area contributed by atoms with Crippen LogP contribution in [0.1, 0.15) is 12.0 Å². The molecule has 1 rings (SSSR count). The number of benzene rings is 1. The van der Waals surface area contributed by atoms with Gasteiger partial charge in [-0.2, -0.15) is 13.2 Å². The lowest BCUT2D eigenvalue weighted by atomic mass is 10.2. The summed E-state index contributed by atoms with van der Waals surface area (Å²) in [5.74, 6) is 0.161. The summed E-state index contributed by atoms with van der Waals surface area (Å²) in [4.78, 5) is 0.0451. The smallest absolute Gasteiger partial charge is 0.392 e. The minimum atomic E-state index is -4.26. The molecule has 2 N–H and O–H groups in total. The third kappa shape index (κ3) is 4.79. The van der Waals surface area contributed by atoms with Gasteiger partial charge in [-0.25, -0.2) is 0 Å². The molecule has 0 aromatic heterocycles. The maximum absolute atomic E-state index is 11.9. The number of alkyl halides is 3. The molecule has 17 heavy (non-hydrogen) atoms. The standard InChI is InChI=1S/C10H9ClF3NOS/c11-6-1-2-7(9(15)17)8(5-6)16-4-3-10(12,13)14/h1-2,5H,3-4H2,(H2,15,17). The summed E-state index contributed by atoms with van der Waals surface area (Å²) in [6.45, 7) is -0.501. The lowest BCUT2D eigenvalue weighted by Gasteiger charge is -2.12. The predicted molar refractivity (Wildman–Crippen MR) is 63.5 cm³/mol. The predicted octanol–water partition coefficient (Wildman–Crippen LogP) is 3.31. The van der Waals surface area contributed by atoms with E-state index < -0.39 is 19.2 Å². The normalized spacial score (nSPS) is 11.3. The quantitative estimate of drug-likeness (QED) is 0.861. The Kier molecular flexibility index (Phi) is 4.59. The van der Waals surface area contributed by atoms with Crippen LogP contribution in [0.15, 0.2) is 18.2 Å². The van der Waals surface area contributed by atoms with Gasteiger partial charge in [-0.3, -0.25) is 0 Å². The second-order valence-corrected chi connectivity index (χ2v) is 4.09. The van der Waals surface area contributed by atoms with Crippen molar-refractivity contribution in [1.29, 1.82) is 0 Å². The molecule has 94 valence electrons. The van der Waals surface area contributed by atoms with E-state index in [4.69, 9.17) is 34.3 Å². The molecule has 1 aromatic rings. The largest absolute Gasteiger partial charge is 0.492 e. The topological polar surface area (TPSA) is 35.2 Å². The number of ether oxygens (including phenoxy) is 1. The Labute approximate surface area is 107 Å². The molecule has 0 aliphatic heterocycles. The fourth-order valence-electron chi connectivity index (χ4n) is 1.10. The van der Waals surface area contributed by atoms with E-state index in [-0.39, 0.29) is 10.7 Å². The summed E-state index contributed by atoms with van der Waals surface area (Å²) in [7, 11) is 0. The van der Waals surface area contributed by atoms with Crippen molar-refractivity contribution in [2.45, 2.75) is 12.6 Å². The molecule has 0 unspecified atom stereocenters. The van der Waals surface area contributed by atoms with Crippen LogP contribution in [-0.4, -0.2) is 17.8 Å². The fourth-order valence-corrected chi connectivity index (χ4v) is 1.43. The van der Waals surface area contributed by atoms with Crippen molar-refractivity contribution in [3.05, 3.63) is 28.8 Å². The van der Waals surface area contributed by atoms with E-state index in [1.165, 1.54) is 18.2 Å². The summed E-state index contributed by atoms with van der Waals surface area (Å²) in [5, 5.41) is 0.340. The van der Waals surface area contributed by atoms with Gasteiger partial charge in [-0.15, -0.1) is 0 Å².